The Labute approximate surface area is 62.8 Å². The van der Waals surface area contributed by atoms with Gasteiger partial charge in [-0.2, -0.15) is 0 Å². The Morgan fingerprint density at radius 2 is 2.20 bits per heavy atom. The van der Waals surface area contributed by atoms with Crippen LogP contribution in [0.3, 0.4) is 0 Å². The maximum atomic E-state index is 5.55. The second kappa shape index (κ2) is 4.12. The van der Waals surface area contributed by atoms with E-state index in [1.54, 1.807) is 0 Å². The van der Waals surface area contributed by atoms with Crippen molar-refractivity contribution in [1.82, 2.24) is 5.32 Å². The zero-order valence-electron chi connectivity index (χ0n) is 6.94. The van der Waals surface area contributed by atoms with Gasteiger partial charge in [0.1, 0.15) is 0 Å². The molecule has 0 fully saturated rings. The van der Waals surface area contributed by atoms with Crippen molar-refractivity contribution < 1.29 is 0 Å². The van der Waals surface area contributed by atoms with Gasteiger partial charge in [0.2, 0.25) is 0 Å². The number of allylic oxidation sites excluding steroid dienone is 1. The van der Waals surface area contributed by atoms with E-state index in [1.165, 1.54) is 0 Å². The number of hydrogen-bond acceptors (Lipinski definition) is 2. The third-order valence-electron chi connectivity index (χ3n) is 1.16. The summed E-state index contributed by atoms with van der Waals surface area (Å²) in [5.74, 6) is 0. The molecule has 0 saturated heterocycles. The molecule has 10 heavy (non-hydrogen) atoms. The number of nitrogens with one attached hydrogen (secondary N) is 1. The second-order valence-corrected chi connectivity index (χ2v) is 2.47. The van der Waals surface area contributed by atoms with Gasteiger partial charge in [-0.3, -0.25) is 0 Å². The number of rotatable bonds is 3. The van der Waals surface area contributed by atoms with Crippen LogP contribution in [0.5, 0.6) is 0 Å². The van der Waals surface area contributed by atoms with Crippen molar-refractivity contribution >= 4 is 0 Å². The summed E-state index contributed by atoms with van der Waals surface area (Å²) in [4.78, 5) is 0. The SMILES string of the molecule is C=C(C)/C(=C/C(C)N)NC. The Hall–Kier alpha value is -0.760. The minimum atomic E-state index is 0.0825. The van der Waals surface area contributed by atoms with Crippen molar-refractivity contribution in [2.75, 3.05) is 7.05 Å². The monoisotopic (exact) mass is 140 g/mol. The van der Waals surface area contributed by atoms with Crippen molar-refractivity contribution in [3.05, 3.63) is 23.9 Å². The van der Waals surface area contributed by atoms with Crippen molar-refractivity contribution in [2.24, 2.45) is 5.73 Å². The molecule has 0 aliphatic rings. The van der Waals surface area contributed by atoms with Crippen LogP contribution in [0.25, 0.3) is 0 Å². The molecule has 58 valence electrons. The fourth-order valence-corrected chi connectivity index (χ4v) is 0.702. The average Bonchev–Trinajstić information content (AvgIpc) is 1.81. The lowest BCUT2D eigenvalue weighted by Gasteiger charge is -2.06. The highest BCUT2D eigenvalue weighted by Gasteiger charge is 1.94. The van der Waals surface area contributed by atoms with Crippen LogP contribution in [0.4, 0.5) is 0 Å². The van der Waals surface area contributed by atoms with E-state index in [-0.39, 0.29) is 6.04 Å². The molecular weight excluding hydrogens is 124 g/mol. The van der Waals surface area contributed by atoms with Crippen LogP contribution in [-0.4, -0.2) is 13.1 Å². The van der Waals surface area contributed by atoms with E-state index in [2.05, 4.69) is 11.9 Å². The van der Waals surface area contributed by atoms with Gasteiger partial charge in [0, 0.05) is 18.8 Å². The number of likely N-dealkylation sites (N-methyl/N-ethyl adjacent to an activating group) is 1. The summed E-state index contributed by atoms with van der Waals surface area (Å²) >= 11 is 0. The first kappa shape index (κ1) is 9.24. The molecule has 0 saturated carbocycles. The molecular formula is C8H16N2. The van der Waals surface area contributed by atoms with E-state index in [9.17, 15) is 0 Å². The highest BCUT2D eigenvalue weighted by atomic mass is 14.8. The Kier molecular flexibility index (Phi) is 3.81. The first-order valence-corrected chi connectivity index (χ1v) is 3.39. The summed E-state index contributed by atoms with van der Waals surface area (Å²) in [6.07, 6.45) is 1.95. The summed E-state index contributed by atoms with van der Waals surface area (Å²) < 4.78 is 0. The van der Waals surface area contributed by atoms with Gasteiger partial charge in [-0.05, 0) is 25.5 Å². The van der Waals surface area contributed by atoms with Gasteiger partial charge in [0.15, 0.2) is 0 Å². The summed E-state index contributed by atoms with van der Waals surface area (Å²) in [7, 11) is 1.86. The summed E-state index contributed by atoms with van der Waals surface area (Å²) in [6, 6.07) is 0.0825. The summed E-state index contributed by atoms with van der Waals surface area (Å²) in [6.45, 7) is 7.67. The van der Waals surface area contributed by atoms with E-state index in [0.717, 1.165) is 11.3 Å². The van der Waals surface area contributed by atoms with E-state index < -0.39 is 0 Å². The van der Waals surface area contributed by atoms with E-state index >= 15 is 0 Å². The molecule has 0 aliphatic heterocycles. The van der Waals surface area contributed by atoms with Crippen LogP contribution in [0.15, 0.2) is 23.9 Å². The van der Waals surface area contributed by atoms with Crippen LogP contribution in [0.2, 0.25) is 0 Å². The lowest BCUT2D eigenvalue weighted by Crippen LogP contribution is -2.16. The van der Waals surface area contributed by atoms with Crippen LogP contribution >= 0.6 is 0 Å². The molecule has 0 aliphatic carbocycles. The number of hydrogen-bond donors (Lipinski definition) is 2. The quantitative estimate of drug-likeness (QED) is 0.574. The van der Waals surface area contributed by atoms with Crippen molar-refractivity contribution in [3.63, 3.8) is 0 Å². The zero-order chi connectivity index (χ0) is 8.15. The fraction of sp³-hybridized carbons (Fsp3) is 0.500. The molecule has 0 rings (SSSR count). The van der Waals surface area contributed by atoms with Crippen LogP contribution < -0.4 is 11.1 Å². The molecule has 0 aromatic heterocycles. The molecule has 0 amide bonds. The van der Waals surface area contributed by atoms with Crippen molar-refractivity contribution in [2.45, 2.75) is 19.9 Å². The minimum absolute atomic E-state index is 0.0825. The third-order valence-corrected chi connectivity index (χ3v) is 1.16. The molecule has 0 aromatic carbocycles. The molecule has 1 unspecified atom stereocenters. The van der Waals surface area contributed by atoms with Gasteiger partial charge >= 0.3 is 0 Å². The molecule has 0 spiro atoms. The molecule has 1 atom stereocenters. The third kappa shape index (κ3) is 3.30. The standard InChI is InChI=1S/C8H16N2/c1-6(2)8(10-4)5-7(3)9/h5,7,10H,1,9H2,2-4H3/b8-5-. The van der Waals surface area contributed by atoms with Gasteiger partial charge in [-0.25, -0.2) is 0 Å². The second-order valence-electron chi connectivity index (χ2n) is 2.47. The van der Waals surface area contributed by atoms with Crippen LogP contribution in [0.1, 0.15) is 13.8 Å². The first-order chi connectivity index (χ1) is 4.57. The summed E-state index contributed by atoms with van der Waals surface area (Å²) in [5, 5.41) is 3.01. The zero-order valence-corrected chi connectivity index (χ0v) is 6.94. The van der Waals surface area contributed by atoms with Gasteiger partial charge in [0.25, 0.3) is 0 Å². The number of nitrogens with two attached hydrogens (primary N) is 1. The lowest BCUT2D eigenvalue weighted by molar-refractivity contribution is 0.883. The fourth-order valence-electron chi connectivity index (χ4n) is 0.702. The molecule has 0 bridgehead atoms. The van der Waals surface area contributed by atoms with E-state index in [4.69, 9.17) is 5.73 Å². The molecule has 3 N–H and O–H groups in total. The Morgan fingerprint density at radius 1 is 1.70 bits per heavy atom. The average molecular weight is 140 g/mol. The predicted octanol–water partition coefficient (Wildman–Crippen LogP) is 1.01. The van der Waals surface area contributed by atoms with Crippen molar-refractivity contribution in [1.29, 1.82) is 0 Å². The highest BCUT2D eigenvalue weighted by molar-refractivity contribution is 5.25. The van der Waals surface area contributed by atoms with Crippen molar-refractivity contribution in [3.8, 4) is 0 Å². The lowest BCUT2D eigenvalue weighted by atomic mass is 10.2. The van der Waals surface area contributed by atoms with Crippen LogP contribution in [-0.2, 0) is 0 Å². The maximum absolute atomic E-state index is 5.55. The molecule has 2 nitrogen and oxygen atoms in total. The molecule has 0 heterocycles. The van der Waals surface area contributed by atoms with Gasteiger partial charge in [-0.1, -0.05) is 6.58 Å². The minimum Gasteiger partial charge on any atom is -0.388 e. The maximum Gasteiger partial charge on any atom is 0.0336 e. The molecule has 0 radical (unpaired) electrons. The van der Waals surface area contributed by atoms with Gasteiger partial charge in [0.05, 0.1) is 0 Å². The van der Waals surface area contributed by atoms with E-state index in [1.807, 2.05) is 27.0 Å². The predicted molar refractivity (Wildman–Crippen MR) is 45.6 cm³/mol. The van der Waals surface area contributed by atoms with E-state index in [0.29, 0.717) is 0 Å². The molecule has 0 aromatic rings. The summed E-state index contributed by atoms with van der Waals surface area (Å²) in [5.41, 5.74) is 7.59. The van der Waals surface area contributed by atoms with Gasteiger partial charge < -0.3 is 11.1 Å². The Morgan fingerprint density at radius 3 is 2.30 bits per heavy atom. The van der Waals surface area contributed by atoms with Crippen LogP contribution in [0, 0.1) is 0 Å². The molecule has 2 heteroatoms. The largest absolute Gasteiger partial charge is 0.388 e. The normalized spacial score (nSPS) is 14.6. The Balaban J connectivity index is 4.19. The van der Waals surface area contributed by atoms with Gasteiger partial charge in [-0.15, -0.1) is 0 Å². The topological polar surface area (TPSA) is 38.0 Å². The first-order valence-electron chi connectivity index (χ1n) is 3.39. The smallest absolute Gasteiger partial charge is 0.0336 e. The highest BCUT2D eigenvalue weighted by Crippen LogP contribution is 2.01. The Bertz CT molecular complexity index is 145.